The molecule has 1 N–H and O–H groups in total. The highest BCUT2D eigenvalue weighted by atomic mass is 16.3. The smallest absolute Gasteiger partial charge is 0.149 e. The van der Waals surface area contributed by atoms with Crippen molar-refractivity contribution >= 4 is 0 Å². The van der Waals surface area contributed by atoms with E-state index >= 15 is 0 Å². The summed E-state index contributed by atoms with van der Waals surface area (Å²) in [5, 5.41) is 11.3. The van der Waals surface area contributed by atoms with Gasteiger partial charge in [0, 0.05) is 7.05 Å². The van der Waals surface area contributed by atoms with Crippen LogP contribution in [0.2, 0.25) is 0 Å². The lowest BCUT2D eigenvalue weighted by atomic mass is 10.2. The van der Waals surface area contributed by atoms with Gasteiger partial charge in [-0.1, -0.05) is 0 Å². The average Bonchev–Trinajstić information content (AvgIpc) is 2.84. The molecule has 2 heterocycles. The lowest BCUT2D eigenvalue weighted by Crippen LogP contribution is -2.21. The van der Waals surface area contributed by atoms with Crippen molar-refractivity contribution in [2.45, 2.75) is 26.4 Å². The molecular weight excluding hydrogens is 204 g/mol. The van der Waals surface area contributed by atoms with Gasteiger partial charge in [0.2, 0.25) is 0 Å². The number of nitrogens with zero attached hydrogens (tertiary/aromatic N) is 3. The predicted molar refractivity (Wildman–Crippen MR) is 59.7 cm³/mol. The zero-order chi connectivity index (χ0) is 11.5. The third kappa shape index (κ3) is 2.14. The van der Waals surface area contributed by atoms with Crippen molar-refractivity contribution in [2.75, 3.05) is 0 Å². The molecule has 86 valence electrons. The van der Waals surface area contributed by atoms with Gasteiger partial charge in [-0.15, -0.1) is 10.2 Å². The first-order chi connectivity index (χ1) is 7.68. The molecule has 0 aliphatic carbocycles. The number of nitrogens with one attached hydrogen (secondary N) is 1. The van der Waals surface area contributed by atoms with Crippen molar-refractivity contribution in [3.8, 4) is 0 Å². The molecule has 0 radical (unpaired) electrons. The lowest BCUT2D eigenvalue weighted by molar-refractivity contribution is 0.446. The summed E-state index contributed by atoms with van der Waals surface area (Å²) in [5.74, 6) is 1.89. The summed E-state index contributed by atoms with van der Waals surface area (Å²) in [6.07, 6.45) is 3.41. The summed E-state index contributed by atoms with van der Waals surface area (Å²) in [6, 6.07) is 2.11. The topological polar surface area (TPSA) is 55.9 Å². The molecular formula is C11H16N4O. The SMILES string of the molecule is Cc1ccoc1CNC(C)c1nncn1C. The van der Waals surface area contributed by atoms with Crippen molar-refractivity contribution in [1.29, 1.82) is 0 Å². The number of aryl methyl sites for hydroxylation is 2. The molecule has 0 spiro atoms. The van der Waals surface area contributed by atoms with E-state index < -0.39 is 0 Å². The van der Waals surface area contributed by atoms with Gasteiger partial charge in [-0.25, -0.2) is 0 Å². The molecule has 0 aliphatic heterocycles. The van der Waals surface area contributed by atoms with Crippen LogP contribution in [-0.4, -0.2) is 14.8 Å². The van der Waals surface area contributed by atoms with Gasteiger partial charge in [0.1, 0.15) is 17.9 Å². The highest BCUT2D eigenvalue weighted by molar-refractivity contribution is 5.14. The minimum Gasteiger partial charge on any atom is -0.468 e. The second-order valence-electron chi connectivity index (χ2n) is 3.93. The molecule has 0 saturated carbocycles. The van der Waals surface area contributed by atoms with E-state index in [4.69, 9.17) is 4.42 Å². The molecule has 5 heteroatoms. The first-order valence-corrected chi connectivity index (χ1v) is 5.28. The Hall–Kier alpha value is -1.62. The summed E-state index contributed by atoms with van der Waals surface area (Å²) in [6.45, 7) is 4.79. The molecule has 16 heavy (non-hydrogen) atoms. The van der Waals surface area contributed by atoms with Crippen LogP contribution < -0.4 is 5.32 Å². The van der Waals surface area contributed by atoms with Crippen molar-refractivity contribution < 1.29 is 4.42 Å². The fourth-order valence-corrected chi connectivity index (χ4v) is 1.61. The molecule has 2 aromatic rings. The summed E-state index contributed by atoms with van der Waals surface area (Å²) < 4.78 is 7.27. The van der Waals surface area contributed by atoms with Gasteiger partial charge in [0.05, 0.1) is 18.8 Å². The third-order valence-corrected chi connectivity index (χ3v) is 2.67. The van der Waals surface area contributed by atoms with Gasteiger partial charge in [-0.3, -0.25) is 0 Å². The normalized spacial score (nSPS) is 12.9. The Bertz CT molecular complexity index is 460. The van der Waals surface area contributed by atoms with Crippen LogP contribution in [-0.2, 0) is 13.6 Å². The number of hydrogen-bond donors (Lipinski definition) is 1. The zero-order valence-electron chi connectivity index (χ0n) is 9.77. The Balaban J connectivity index is 1.97. The van der Waals surface area contributed by atoms with Crippen LogP contribution in [0.25, 0.3) is 0 Å². The van der Waals surface area contributed by atoms with E-state index in [-0.39, 0.29) is 6.04 Å². The molecule has 2 aromatic heterocycles. The lowest BCUT2D eigenvalue weighted by Gasteiger charge is -2.11. The maximum atomic E-state index is 5.36. The maximum Gasteiger partial charge on any atom is 0.149 e. The summed E-state index contributed by atoms with van der Waals surface area (Å²) in [5.41, 5.74) is 1.16. The van der Waals surface area contributed by atoms with Gasteiger partial charge in [-0.2, -0.15) is 0 Å². The molecule has 0 amide bonds. The monoisotopic (exact) mass is 220 g/mol. The van der Waals surface area contributed by atoms with Crippen molar-refractivity contribution in [1.82, 2.24) is 20.1 Å². The first kappa shape index (κ1) is 10.9. The van der Waals surface area contributed by atoms with Gasteiger partial charge in [0.25, 0.3) is 0 Å². The molecule has 2 rings (SSSR count). The number of furan rings is 1. The fraction of sp³-hybridized carbons (Fsp3) is 0.455. The summed E-state index contributed by atoms with van der Waals surface area (Å²) in [4.78, 5) is 0. The predicted octanol–water partition coefficient (Wildman–Crippen LogP) is 1.57. The van der Waals surface area contributed by atoms with Gasteiger partial charge < -0.3 is 14.3 Å². The number of aromatic nitrogens is 3. The van der Waals surface area contributed by atoms with E-state index in [2.05, 4.69) is 22.4 Å². The van der Waals surface area contributed by atoms with Crippen LogP contribution >= 0.6 is 0 Å². The highest BCUT2D eigenvalue weighted by Gasteiger charge is 2.11. The van der Waals surface area contributed by atoms with Crippen LogP contribution in [0.1, 0.15) is 30.1 Å². The Kier molecular flexibility index (Phi) is 3.05. The minimum atomic E-state index is 0.150. The Morgan fingerprint density at radius 3 is 2.94 bits per heavy atom. The van der Waals surface area contributed by atoms with Crippen molar-refractivity contribution in [3.63, 3.8) is 0 Å². The van der Waals surface area contributed by atoms with E-state index in [1.165, 1.54) is 0 Å². The van der Waals surface area contributed by atoms with Crippen LogP contribution in [0.4, 0.5) is 0 Å². The Labute approximate surface area is 94.5 Å². The summed E-state index contributed by atoms with van der Waals surface area (Å²) >= 11 is 0. The molecule has 0 aromatic carbocycles. The Morgan fingerprint density at radius 2 is 2.38 bits per heavy atom. The van der Waals surface area contributed by atoms with Crippen LogP contribution in [0, 0.1) is 6.92 Å². The zero-order valence-corrected chi connectivity index (χ0v) is 9.77. The largest absolute Gasteiger partial charge is 0.468 e. The standard InChI is InChI=1S/C11H16N4O/c1-8-4-5-16-10(8)6-12-9(2)11-14-13-7-15(11)3/h4-5,7,9,12H,6H2,1-3H3. The molecule has 1 atom stereocenters. The fourth-order valence-electron chi connectivity index (χ4n) is 1.61. The minimum absolute atomic E-state index is 0.150. The van der Waals surface area contributed by atoms with Crippen molar-refractivity contribution in [2.24, 2.45) is 7.05 Å². The average molecular weight is 220 g/mol. The molecule has 0 fully saturated rings. The van der Waals surface area contributed by atoms with E-state index in [9.17, 15) is 0 Å². The quantitative estimate of drug-likeness (QED) is 0.849. The maximum absolute atomic E-state index is 5.36. The highest BCUT2D eigenvalue weighted by Crippen LogP contribution is 2.12. The van der Waals surface area contributed by atoms with E-state index in [1.807, 2.05) is 24.6 Å². The van der Waals surface area contributed by atoms with Gasteiger partial charge >= 0.3 is 0 Å². The molecule has 1 unspecified atom stereocenters. The second-order valence-corrected chi connectivity index (χ2v) is 3.93. The van der Waals surface area contributed by atoms with E-state index in [0.29, 0.717) is 6.54 Å². The number of rotatable bonds is 4. The van der Waals surface area contributed by atoms with Crippen LogP contribution in [0.5, 0.6) is 0 Å². The second kappa shape index (κ2) is 4.49. The molecule has 0 aliphatic rings. The molecule has 0 bridgehead atoms. The van der Waals surface area contributed by atoms with Crippen molar-refractivity contribution in [3.05, 3.63) is 35.8 Å². The van der Waals surface area contributed by atoms with Crippen LogP contribution in [0.3, 0.4) is 0 Å². The van der Waals surface area contributed by atoms with Crippen LogP contribution in [0.15, 0.2) is 23.1 Å². The Morgan fingerprint density at radius 1 is 1.56 bits per heavy atom. The van der Waals surface area contributed by atoms with Gasteiger partial charge in [0.15, 0.2) is 0 Å². The van der Waals surface area contributed by atoms with E-state index in [0.717, 1.165) is 17.1 Å². The third-order valence-electron chi connectivity index (χ3n) is 2.67. The van der Waals surface area contributed by atoms with E-state index in [1.54, 1.807) is 12.6 Å². The molecule has 5 nitrogen and oxygen atoms in total. The van der Waals surface area contributed by atoms with Gasteiger partial charge in [-0.05, 0) is 25.5 Å². The molecule has 0 saturated heterocycles. The summed E-state index contributed by atoms with van der Waals surface area (Å²) in [7, 11) is 1.94. The first-order valence-electron chi connectivity index (χ1n) is 5.28. The number of hydrogen-bond acceptors (Lipinski definition) is 4.